The first-order chi connectivity index (χ1) is 8.50. The second kappa shape index (κ2) is 5.75. The van der Waals surface area contributed by atoms with Gasteiger partial charge in [0, 0.05) is 12.3 Å². The Balaban J connectivity index is 2.08. The number of hydrogen-bond donors (Lipinski definition) is 0. The van der Waals surface area contributed by atoms with Crippen molar-refractivity contribution < 1.29 is 4.79 Å². The summed E-state index contributed by atoms with van der Waals surface area (Å²) < 4.78 is 0. The van der Waals surface area contributed by atoms with Gasteiger partial charge in [-0.15, -0.1) is 0 Å². The monoisotopic (exact) mass is 250 g/mol. The number of Topliss-reactive ketones (excluding diaryl/α,β-unsaturated/α-hetero) is 1. The molecule has 1 heteroatoms. The van der Waals surface area contributed by atoms with Crippen LogP contribution in [0.2, 0.25) is 0 Å². The fourth-order valence-electron chi connectivity index (χ4n) is 3.88. The topological polar surface area (TPSA) is 17.1 Å². The molecule has 2 fully saturated rings. The van der Waals surface area contributed by atoms with Crippen LogP contribution in [0.15, 0.2) is 0 Å². The van der Waals surface area contributed by atoms with E-state index in [1.807, 2.05) is 0 Å². The first kappa shape index (κ1) is 14.1. The fourth-order valence-corrected chi connectivity index (χ4v) is 3.88. The summed E-state index contributed by atoms with van der Waals surface area (Å²) in [6.07, 6.45) is 11.2. The summed E-state index contributed by atoms with van der Waals surface area (Å²) in [5.41, 5.74) is 0.356. The molecule has 0 aromatic heterocycles. The molecule has 0 amide bonds. The molecule has 104 valence electrons. The third-order valence-electron chi connectivity index (χ3n) is 5.84. The summed E-state index contributed by atoms with van der Waals surface area (Å²) >= 11 is 0. The van der Waals surface area contributed by atoms with Crippen molar-refractivity contribution in [3.63, 3.8) is 0 Å². The van der Waals surface area contributed by atoms with Gasteiger partial charge >= 0.3 is 0 Å². The summed E-state index contributed by atoms with van der Waals surface area (Å²) in [7, 11) is 0. The molecule has 0 bridgehead atoms. The Morgan fingerprint density at radius 2 is 1.67 bits per heavy atom. The van der Waals surface area contributed by atoms with Gasteiger partial charge in [-0.2, -0.15) is 0 Å². The van der Waals surface area contributed by atoms with E-state index in [1.165, 1.54) is 38.5 Å². The molecule has 2 rings (SSSR count). The Hall–Kier alpha value is -0.330. The number of carbonyl (C=O) groups is 1. The highest BCUT2D eigenvalue weighted by atomic mass is 16.1. The molecule has 2 saturated carbocycles. The maximum atomic E-state index is 12.5. The Labute approximate surface area is 113 Å². The Morgan fingerprint density at radius 3 is 2.28 bits per heavy atom. The lowest BCUT2D eigenvalue weighted by Gasteiger charge is -2.32. The molecule has 0 N–H and O–H groups in total. The van der Waals surface area contributed by atoms with Crippen LogP contribution in [0, 0.1) is 23.2 Å². The maximum absolute atomic E-state index is 12.5. The maximum Gasteiger partial charge on any atom is 0.136 e. The van der Waals surface area contributed by atoms with E-state index in [2.05, 4.69) is 20.8 Å². The van der Waals surface area contributed by atoms with E-state index in [-0.39, 0.29) is 0 Å². The normalized spacial score (nSPS) is 34.9. The third kappa shape index (κ3) is 3.16. The Kier molecular flexibility index (Phi) is 4.50. The lowest BCUT2D eigenvalue weighted by atomic mass is 9.73. The van der Waals surface area contributed by atoms with Crippen LogP contribution < -0.4 is 0 Å². The predicted octanol–water partition coefficient (Wildman–Crippen LogP) is 4.99. The molecule has 0 aliphatic heterocycles. The average molecular weight is 250 g/mol. The summed E-state index contributed by atoms with van der Waals surface area (Å²) in [5.74, 6) is 2.37. The zero-order valence-corrected chi connectivity index (χ0v) is 12.5. The summed E-state index contributed by atoms with van der Waals surface area (Å²) in [5, 5.41) is 0. The van der Waals surface area contributed by atoms with E-state index < -0.39 is 0 Å². The zero-order valence-electron chi connectivity index (χ0n) is 12.5. The first-order valence-electron chi connectivity index (χ1n) is 8.03. The van der Waals surface area contributed by atoms with Crippen LogP contribution in [0.4, 0.5) is 0 Å². The van der Waals surface area contributed by atoms with Gasteiger partial charge in [-0.05, 0) is 42.9 Å². The van der Waals surface area contributed by atoms with Crippen LogP contribution in [0.5, 0.6) is 0 Å². The van der Waals surface area contributed by atoms with Crippen molar-refractivity contribution in [3.8, 4) is 0 Å². The third-order valence-corrected chi connectivity index (χ3v) is 5.84. The SMILES string of the molecule is CC1CC(C2CCCCCC2)C(=O)CCC1(C)C. The molecular weight excluding hydrogens is 220 g/mol. The molecule has 18 heavy (non-hydrogen) atoms. The van der Waals surface area contributed by atoms with Gasteiger partial charge in [0.05, 0.1) is 0 Å². The van der Waals surface area contributed by atoms with Gasteiger partial charge in [0.25, 0.3) is 0 Å². The standard InChI is InChI=1S/C17H30O/c1-13-12-15(14-8-6-4-5-7-9-14)16(18)10-11-17(13,2)3/h13-15H,4-12H2,1-3H3. The van der Waals surface area contributed by atoms with E-state index >= 15 is 0 Å². The minimum Gasteiger partial charge on any atom is -0.299 e. The second-order valence-electron chi connectivity index (χ2n) is 7.45. The van der Waals surface area contributed by atoms with Crippen LogP contribution in [0.3, 0.4) is 0 Å². The minimum absolute atomic E-state index is 0.356. The van der Waals surface area contributed by atoms with Crippen LogP contribution in [-0.2, 0) is 4.79 Å². The molecule has 0 saturated heterocycles. The van der Waals surface area contributed by atoms with Crippen molar-refractivity contribution in [2.45, 2.75) is 78.6 Å². The van der Waals surface area contributed by atoms with Crippen LogP contribution in [0.1, 0.15) is 78.6 Å². The lowest BCUT2D eigenvalue weighted by Crippen LogP contribution is -2.25. The molecule has 2 atom stereocenters. The molecule has 1 nitrogen and oxygen atoms in total. The highest BCUT2D eigenvalue weighted by Crippen LogP contribution is 2.43. The van der Waals surface area contributed by atoms with E-state index in [9.17, 15) is 4.79 Å². The number of rotatable bonds is 1. The van der Waals surface area contributed by atoms with Gasteiger partial charge in [-0.1, -0.05) is 46.5 Å². The molecule has 0 aromatic rings. The van der Waals surface area contributed by atoms with Gasteiger partial charge < -0.3 is 0 Å². The number of hydrogen-bond acceptors (Lipinski definition) is 1. The quantitative estimate of drug-likeness (QED) is 0.599. The number of carbonyl (C=O) groups excluding carboxylic acids is 1. The second-order valence-corrected chi connectivity index (χ2v) is 7.45. The van der Waals surface area contributed by atoms with Gasteiger partial charge in [0.15, 0.2) is 0 Å². The zero-order chi connectivity index (χ0) is 13.2. The van der Waals surface area contributed by atoms with E-state index in [4.69, 9.17) is 0 Å². The van der Waals surface area contributed by atoms with Gasteiger partial charge in [-0.3, -0.25) is 4.79 Å². The van der Waals surface area contributed by atoms with Gasteiger partial charge in [-0.25, -0.2) is 0 Å². The summed E-state index contributed by atoms with van der Waals surface area (Å²) in [6, 6.07) is 0. The van der Waals surface area contributed by atoms with Crippen molar-refractivity contribution in [2.75, 3.05) is 0 Å². The van der Waals surface area contributed by atoms with Gasteiger partial charge in [0.1, 0.15) is 5.78 Å². The van der Waals surface area contributed by atoms with E-state index in [0.29, 0.717) is 29.0 Å². The summed E-state index contributed by atoms with van der Waals surface area (Å²) in [4.78, 5) is 12.5. The molecule has 0 heterocycles. The van der Waals surface area contributed by atoms with Crippen molar-refractivity contribution in [1.29, 1.82) is 0 Å². The fraction of sp³-hybridized carbons (Fsp3) is 0.941. The van der Waals surface area contributed by atoms with Crippen molar-refractivity contribution in [2.24, 2.45) is 23.2 Å². The Morgan fingerprint density at radius 1 is 1.06 bits per heavy atom. The molecular formula is C17H30O. The van der Waals surface area contributed by atoms with Crippen LogP contribution in [0.25, 0.3) is 0 Å². The molecule has 0 aromatic carbocycles. The molecule has 2 aliphatic carbocycles. The number of ketones is 1. The first-order valence-corrected chi connectivity index (χ1v) is 8.03. The van der Waals surface area contributed by atoms with Crippen molar-refractivity contribution in [1.82, 2.24) is 0 Å². The smallest absolute Gasteiger partial charge is 0.136 e. The average Bonchev–Trinajstić information content (AvgIpc) is 2.64. The van der Waals surface area contributed by atoms with Crippen molar-refractivity contribution >= 4 is 5.78 Å². The van der Waals surface area contributed by atoms with E-state index in [0.717, 1.165) is 19.3 Å². The van der Waals surface area contributed by atoms with Crippen LogP contribution in [-0.4, -0.2) is 5.78 Å². The highest BCUT2D eigenvalue weighted by molar-refractivity contribution is 5.81. The van der Waals surface area contributed by atoms with Gasteiger partial charge in [0.2, 0.25) is 0 Å². The largest absolute Gasteiger partial charge is 0.299 e. The minimum atomic E-state index is 0.356. The lowest BCUT2D eigenvalue weighted by molar-refractivity contribution is -0.124. The van der Waals surface area contributed by atoms with E-state index in [1.54, 1.807) is 0 Å². The molecule has 2 unspecified atom stereocenters. The summed E-state index contributed by atoms with van der Waals surface area (Å²) in [6.45, 7) is 7.06. The highest BCUT2D eigenvalue weighted by Gasteiger charge is 2.38. The predicted molar refractivity (Wildman–Crippen MR) is 76.5 cm³/mol. The molecule has 0 spiro atoms. The Bertz CT molecular complexity index is 284. The van der Waals surface area contributed by atoms with Crippen LogP contribution >= 0.6 is 0 Å². The van der Waals surface area contributed by atoms with Crippen molar-refractivity contribution in [3.05, 3.63) is 0 Å². The molecule has 2 aliphatic rings. The molecule has 0 radical (unpaired) electrons.